The van der Waals surface area contributed by atoms with E-state index in [1.165, 1.54) is 0 Å². The molecule has 1 atom stereocenters. The summed E-state index contributed by atoms with van der Waals surface area (Å²) in [6.45, 7) is 3.91. The van der Waals surface area contributed by atoms with Crippen molar-refractivity contribution in [3.8, 4) is 11.3 Å². The number of aryl methyl sites for hydroxylation is 1. The quantitative estimate of drug-likeness (QED) is 0.761. The Bertz CT molecular complexity index is 728. The Morgan fingerprint density at radius 3 is 2.57 bits per heavy atom. The van der Waals surface area contributed by atoms with Gasteiger partial charge < -0.3 is 5.11 Å². The molecule has 1 aromatic carbocycles. The predicted molar refractivity (Wildman–Crippen MR) is 89.9 cm³/mol. The molecule has 21 heavy (non-hydrogen) atoms. The van der Waals surface area contributed by atoms with Gasteiger partial charge in [0.2, 0.25) is 0 Å². The van der Waals surface area contributed by atoms with E-state index in [1.807, 2.05) is 43.5 Å². The zero-order valence-electron chi connectivity index (χ0n) is 12.0. The van der Waals surface area contributed by atoms with Crippen molar-refractivity contribution in [2.45, 2.75) is 25.9 Å². The van der Waals surface area contributed by atoms with Crippen LogP contribution in [0.5, 0.6) is 0 Å². The van der Waals surface area contributed by atoms with Gasteiger partial charge in [0.15, 0.2) is 0 Å². The lowest BCUT2D eigenvalue weighted by Crippen LogP contribution is -2.23. The Hall–Kier alpha value is -1.49. The van der Waals surface area contributed by atoms with E-state index in [0.29, 0.717) is 6.42 Å². The number of aliphatic hydroxyl groups is 1. The van der Waals surface area contributed by atoms with Gasteiger partial charge in [-0.3, -0.25) is 0 Å². The fraction of sp³-hybridized carbons (Fsp3) is 0.235. The lowest BCUT2D eigenvalue weighted by Gasteiger charge is -2.21. The molecule has 0 aliphatic carbocycles. The molecule has 0 spiro atoms. The second-order valence-corrected chi connectivity index (χ2v) is 7.23. The van der Waals surface area contributed by atoms with Crippen LogP contribution in [0, 0.1) is 6.92 Å². The average Bonchev–Trinajstić information content (AvgIpc) is 3.08. The smallest absolute Gasteiger partial charge is 0.103 e. The van der Waals surface area contributed by atoms with Crippen molar-refractivity contribution in [2.75, 3.05) is 0 Å². The first-order valence-corrected chi connectivity index (χ1v) is 8.59. The molecule has 3 aromatic rings. The van der Waals surface area contributed by atoms with Gasteiger partial charge in [-0.05, 0) is 30.9 Å². The Morgan fingerprint density at radius 2 is 1.90 bits per heavy atom. The molecule has 0 radical (unpaired) electrons. The second kappa shape index (κ2) is 5.72. The highest BCUT2D eigenvalue weighted by Crippen LogP contribution is 2.33. The monoisotopic (exact) mass is 315 g/mol. The number of aromatic nitrogens is 1. The number of nitrogens with zero attached hydrogens (tertiary/aromatic N) is 1. The average molecular weight is 315 g/mol. The minimum absolute atomic E-state index is 0.547. The summed E-state index contributed by atoms with van der Waals surface area (Å²) in [7, 11) is 0. The van der Waals surface area contributed by atoms with Crippen molar-refractivity contribution in [1.82, 2.24) is 4.98 Å². The molecule has 0 saturated heterocycles. The third-order valence-corrected chi connectivity index (χ3v) is 5.59. The van der Waals surface area contributed by atoms with Crippen LogP contribution >= 0.6 is 22.7 Å². The summed E-state index contributed by atoms with van der Waals surface area (Å²) in [5, 5.41) is 15.8. The standard InChI is InChI=1S/C17H17NOS2/c1-12-8-9-20-16(12)17(2,19)10-15-18-14(11-21-15)13-6-4-3-5-7-13/h3-9,11,19H,10H2,1-2H3. The number of hydrogen-bond acceptors (Lipinski definition) is 4. The lowest BCUT2D eigenvalue weighted by atomic mass is 9.98. The van der Waals surface area contributed by atoms with E-state index in [4.69, 9.17) is 0 Å². The number of hydrogen-bond donors (Lipinski definition) is 1. The maximum atomic E-state index is 10.8. The largest absolute Gasteiger partial charge is 0.384 e. The molecule has 0 aliphatic heterocycles. The highest BCUT2D eigenvalue weighted by Gasteiger charge is 2.28. The third-order valence-electron chi connectivity index (χ3n) is 3.47. The molecular formula is C17H17NOS2. The van der Waals surface area contributed by atoms with Crippen LogP contribution in [0.1, 0.15) is 22.4 Å². The molecule has 2 aromatic heterocycles. The molecule has 4 heteroatoms. The van der Waals surface area contributed by atoms with Crippen LogP contribution in [0.15, 0.2) is 47.2 Å². The van der Waals surface area contributed by atoms with E-state index >= 15 is 0 Å². The van der Waals surface area contributed by atoms with Gasteiger partial charge in [0, 0.05) is 22.2 Å². The highest BCUT2D eigenvalue weighted by molar-refractivity contribution is 7.10. The summed E-state index contributed by atoms with van der Waals surface area (Å²) < 4.78 is 0. The summed E-state index contributed by atoms with van der Waals surface area (Å²) in [6, 6.07) is 12.2. The van der Waals surface area contributed by atoms with Gasteiger partial charge in [-0.1, -0.05) is 30.3 Å². The van der Waals surface area contributed by atoms with Crippen LogP contribution in [-0.4, -0.2) is 10.1 Å². The normalized spacial score (nSPS) is 14.0. The molecule has 0 amide bonds. The maximum Gasteiger partial charge on any atom is 0.103 e. The van der Waals surface area contributed by atoms with Crippen LogP contribution in [0.4, 0.5) is 0 Å². The Labute approximate surface area is 132 Å². The maximum absolute atomic E-state index is 10.8. The van der Waals surface area contributed by atoms with E-state index in [0.717, 1.165) is 26.7 Å². The molecule has 1 N–H and O–H groups in total. The number of thiazole rings is 1. The summed E-state index contributed by atoms with van der Waals surface area (Å²) in [4.78, 5) is 5.70. The SMILES string of the molecule is Cc1ccsc1C(C)(O)Cc1nc(-c2ccccc2)cs1. The summed E-state index contributed by atoms with van der Waals surface area (Å²) in [5.74, 6) is 0. The first kappa shape index (κ1) is 14.4. The molecule has 0 bridgehead atoms. The minimum Gasteiger partial charge on any atom is -0.384 e. The van der Waals surface area contributed by atoms with Gasteiger partial charge >= 0.3 is 0 Å². The van der Waals surface area contributed by atoms with Crippen LogP contribution in [-0.2, 0) is 12.0 Å². The molecule has 108 valence electrons. The van der Waals surface area contributed by atoms with Crippen molar-refractivity contribution in [3.05, 3.63) is 62.6 Å². The number of thiophene rings is 1. The van der Waals surface area contributed by atoms with E-state index in [9.17, 15) is 5.11 Å². The van der Waals surface area contributed by atoms with Gasteiger partial charge in [0.25, 0.3) is 0 Å². The van der Waals surface area contributed by atoms with E-state index in [1.54, 1.807) is 22.7 Å². The van der Waals surface area contributed by atoms with Gasteiger partial charge in [0.05, 0.1) is 10.7 Å². The van der Waals surface area contributed by atoms with Gasteiger partial charge in [-0.15, -0.1) is 22.7 Å². The van der Waals surface area contributed by atoms with Crippen molar-refractivity contribution in [1.29, 1.82) is 0 Å². The van der Waals surface area contributed by atoms with Crippen molar-refractivity contribution >= 4 is 22.7 Å². The van der Waals surface area contributed by atoms with Crippen molar-refractivity contribution in [3.63, 3.8) is 0 Å². The first-order chi connectivity index (χ1) is 10.1. The number of benzene rings is 1. The van der Waals surface area contributed by atoms with Gasteiger partial charge in [0.1, 0.15) is 5.60 Å². The zero-order valence-corrected chi connectivity index (χ0v) is 13.7. The molecule has 3 rings (SSSR count). The zero-order chi connectivity index (χ0) is 14.9. The highest BCUT2D eigenvalue weighted by atomic mass is 32.1. The summed E-state index contributed by atoms with van der Waals surface area (Å²) in [6.07, 6.45) is 0.547. The van der Waals surface area contributed by atoms with E-state index in [2.05, 4.69) is 22.5 Å². The van der Waals surface area contributed by atoms with Crippen LogP contribution in [0.25, 0.3) is 11.3 Å². The molecule has 0 saturated carbocycles. The van der Waals surface area contributed by atoms with E-state index in [-0.39, 0.29) is 0 Å². The Morgan fingerprint density at radius 1 is 1.14 bits per heavy atom. The van der Waals surface area contributed by atoms with Gasteiger partial charge in [-0.25, -0.2) is 4.98 Å². The molecule has 2 heterocycles. The molecule has 2 nitrogen and oxygen atoms in total. The van der Waals surface area contributed by atoms with Crippen molar-refractivity contribution < 1.29 is 5.11 Å². The predicted octanol–water partition coefficient (Wildman–Crippen LogP) is 4.63. The molecule has 0 aliphatic rings. The molecule has 1 unspecified atom stereocenters. The lowest BCUT2D eigenvalue weighted by molar-refractivity contribution is 0.0609. The fourth-order valence-electron chi connectivity index (χ4n) is 2.43. The molecule has 0 fully saturated rings. The second-order valence-electron chi connectivity index (χ2n) is 5.38. The van der Waals surface area contributed by atoms with Crippen LogP contribution in [0.3, 0.4) is 0 Å². The summed E-state index contributed by atoms with van der Waals surface area (Å²) in [5.41, 5.74) is 2.38. The van der Waals surface area contributed by atoms with E-state index < -0.39 is 5.60 Å². The number of rotatable bonds is 4. The Balaban J connectivity index is 1.83. The molecular weight excluding hydrogens is 298 g/mol. The topological polar surface area (TPSA) is 33.1 Å². The van der Waals surface area contributed by atoms with Crippen LogP contribution in [0.2, 0.25) is 0 Å². The van der Waals surface area contributed by atoms with Gasteiger partial charge in [-0.2, -0.15) is 0 Å². The van der Waals surface area contributed by atoms with Crippen molar-refractivity contribution in [2.24, 2.45) is 0 Å². The first-order valence-electron chi connectivity index (χ1n) is 6.83. The third kappa shape index (κ3) is 3.07. The Kier molecular flexibility index (Phi) is 3.93. The fourth-order valence-corrected chi connectivity index (χ4v) is 4.37. The van der Waals surface area contributed by atoms with Crippen LogP contribution < -0.4 is 0 Å². The minimum atomic E-state index is -0.857. The summed E-state index contributed by atoms with van der Waals surface area (Å²) >= 11 is 3.21.